The summed E-state index contributed by atoms with van der Waals surface area (Å²) in [5, 5.41) is 18.8. The van der Waals surface area contributed by atoms with Gasteiger partial charge in [-0.1, -0.05) is 13.0 Å². The molecule has 0 fully saturated rings. The fourth-order valence-corrected chi connectivity index (χ4v) is 1.98. The molecule has 0 spiro atoms. The van der Waals surface area contributed by atoms with Gasteiger partial charge in [0.1, 0.15) is 6.29 Å². The molecule has 0 saturated heterocycles. The molecule has 1 aromatic carbocycles. The predicted octanol–water partition coefficient (Wildman–Crippen LogP) is -0.212. The second kappa shape index (κ2) is 4.77. The van der Waals surface area contributed by atoms with Gasteiger partial charge in [-0.2, -0.15) is 0 Å². The molecule has 5 nitrogen and oxygen atoms in total. The zero-order valence-electron chi connectivity index (χ0n) is 9.42. The standard InChI is InChI=1S/C11H13BO5/c1-7(4-5-13)8-2-3-9-11(17-6-16-9)10(8)12(14)15/h2-3,5,7,14-15H,4,6H2,1H3. The number of aldehydes is 1. The fraction of sp³-hybridized carbons (Fsp3) is 0.364. The molecule has 2 N–H and O–H groups in total. The lowest BCUT2D eigenvalue weighted by molar-refractivity contribution is -0.108. The Labute approximate surface area is 99.1 Å². The van der Waals surface area contributed by atoms with Crippen molar-refractivity contribution >= 4 is 18.9 Å². The van der Waals surface area contributed by atoms with Crippen molar-refractivity contribution in [3.05, 3.63) is 17.7 Å². The van der Waals surface area contributed by atoms with Crippen molar-refractivity contribution in [2.75, 3.05) is 6.79 Å². The van der Waals surface area contributed by atoms with Crippen LogP contribution in [0.5, 0.6) is 11.5 Å². The number of carbonyl (C=O) groups excluding carboxylic acids is 1. The van der Waals surface area contributed by atoms with Crippen LogP contribution >= 0.6 is 0 Å². The maximum Gasteiger partial charge on any atom is 0.492 e. The van der Waals surface area contributed by atoms with Crippen molar-refractivity contribution in [2.45, 2.75) is 19.3 Å². The molecule has 0 aromatic heterocycles. The van der Waals surface area contributed by atoms with Crippen LogP contribution in [-0.2, 0) is 4.79 Å². The highest BCUT2D eigenvalue weighted by Gasteiger charge is 2.29. The lowest BCUT2D eigenvalue weighted by Crippen LogP contribution is -2.34. The third-order valence-electron chi connectivity index (χ3n) is 2.85. The zero-order chi connectivity index (χ0) is 12.4. The third kappa shape index (κ3) is 2.14. The highest BCUT2D eigenvalue weighted by molar-refractivity contribution is 6.60. The molecule has 1 atom stereocenters. The molecule has 2 rings (SSSR count). The second-order valence-corrected chi connectivity index (χ2v) is 3.98. The minimum Gasteiger partial charge on any atom is -0.454 e. The van der Waals surface area contributed by atoms with Crippen LogP contribution in [0.3, 0.4) is 0 Å². The van der Waals surface area contributed by atoms with Crippen LogP contribution in [0.2, 0.25) is 0 Å². The Bertz CT molecular complexity index is 432. The van der Waals surface area contributed by atoms with Crippen LogP contribution < -0.4 is 14.9 Å². The number of benzene rings is 1. The first-order chi connectivity index (χ1) is 8.15. The lowest BCUT2D eigenvalue weighted by atomic mass is 9.73. The summed E-state index contributed by atoms with van der Waals surface area (Å²) in [4.78, 5) is 10.5. The summed E-state index contributed by atoms with van der Waals surface area (Å²) >= 11 is 0. The number of hydrogen-bond acceptors (Lipinski definition) is 5. The quantitative estimate of drug-likeness (QED) is 0.558. The summed E-state index contributed by atoms with van der Waals surface area (Å²) in [5.41, 5.74) is 0.978. The number of rotatable bonds is 4. The molecule has 17 heavy (non-hydrogen) atoms. The van der Waals surface area contributed by atoms with E-state index in [1.165, 1.54) is 0 Å². The molecule has 0 bridgehead atoms. The molecule has 0 radical (unpaired) electrons. The van der Waals surface area contributed by atoms with Crippen molar-refractivity contribution in [2.24, 2.45) is 0 Å². The Balaban J connectivity index is 2.48. The predicted molar refractivity (Wildman–Crippen MR) is 61.5 cm³/mol. The van der Waals surface area contributed by atoms with Gasteiger partial charge in [-0.15, -0.1) is 0 Å². The van der Waals surface area contributed by atoms with E-state index >= 15 is 0 Å². The molecule has 0 amide bonds. The first kappa shape index (κ1) is 11.9. The largest absolute Gasteiger partial charge is 0.492 e. The van der Waals surface area contributed by atoms with Crippen LogP contribution in [0.4, 0.5) is 0 Å². The molecule has 1 heterocycles. The van der Waals surface area contributed by atoms with Gasteiger partial charge in [-0.25, -0.2) is 0 Å². The van der Waals surface area contributed by atoms with E-state index in [9.17, 15) is 14.8 Å². The molecule has 1 aliphatic heterocycles. The Morgan fingerprint density at radius 2 is 2.24 bits per heavy atom. The van der Waals surface area contributed by atoms with Crippen LogP contribution in [0, 0.1) is 0 Å². The molecule has 0 aliphatic carbocycles. The SMILES string of the molecule is CC(CC=O)c1ccc2c(c1B(O)O)OCO2. The monoisotopic (exact) mass is 236 g/mol. The zero-order valence-corrected chi connectivity index (χ0v) is 9.42. The summed E-state index contributed by atoms with van der Waals surface area (Å²) in [7, 11) is -1.64. The van der Waals surface area contributed by atoms with Gasteiger partial charge >= 0.3 is 7.12 Å². The van der Waals surface area contributed by atoms with Gasteiger partial charge in [-0.3, -0.25) is 0 Å². The van der Waals surface area contributed by atoms with Crippen molar-refractivity contribution in [3.63, 3.8) is 0 Å². The summed E-state index contributed by atoms with van der Waals surface area (Å²) in [6.45, 7) is 1.92. The first-order valence-corrected chi connectivity index (χ1v) is 5.37. The van der Waals surface area contributed by atoms with E-state index in [1.54, 1.807) is 12.1 Å². The van der Waals surface area contributed by atoms with E-state index in [-0.39, 0.29) is 18.2 Å². The van der Waals surface area contributed by atoms with E-state index in [2.05, 4.69) is 0 Å². The van der Waals surface area contributed by atoms with Gasteiger partial charge in [0.05, 0.1) is 0 Å². The topological polar surface area (TPSA) is 76.0 Å². The third-order valence-corrected chi connectivity index (χ3v) is 2.85. The van der Waals surface area contributed by atoms with E-state index in [1.807, 2.05) is 6.92 Å². The van der Waals surface area contributed by atoms with E-state index in [0.29, 0.717) is 23.5 Å². The average Bonchev–Trinajstić information content (AvgIpc) is 2.75. The summed E-state index contributed by atoms with van der Waals surface area (Å²) in [5.74, 6) is 0.754. The van der Waals surface area contributed by atoms with Gasteiger partial charge in [-0.05, 0) is 17.5 Å². The molecule has 6 heteroatoms. The molecular weight excluding hydrogens is 223 g/mol. The van der Waals surface area contributed by atoms with Gasteiger partial charge < -0.3 is 24.3 Å². The first-order valence-electron chi connectivity index (χ1n) is 5.37. The van der Waals surface area contributed by atoms with Gasteiger partial charge in [0.2, 0.25) is 6.79 Å². The van der Waals surface area contributed by atoms with Gasteiger partial charge in [0.25, 0.3) is 0 Å². The van der Waals surface area contributed by atoms with Gasteiger partial charge in [0.15, 0.2) is 11.5 Å². The van der Waals surface area contributed by atoms with Crippen molar-refractivity contribution in [3.8, 4) is 11.5 Å². The number of carbonyl (C=O) groups is 1. The molecule has 0 saturated carbocycles. The van der Waals surface area contributed by atoms with E-state index in [0.717, 1.165) is 6.29 Å². The van der Waals surface area contributed by atoms with E-state index in [4.69, 9.17) is 9.47 Å². The van der Waals surface area contributed by atoms with Crippen LogP contribution in [0.1, 0.15) is 24.8 Å². The minimum absolute atomic E-state index is 0.0700. The maximum absolute atomic E-state index is 10.5. The summed E-state index contributed by atoms with van der Waals surface area (Å²) in [6.07, 6.45) is 1.13. The van der Waals surface area contributed by atoms with Crippen molar-refractivity contribution in [1.29, 1.82) is 0 Å². The normalized spacial score (nSPS) is 14.5. The second-order valence-electron chi connectivity index (χ2n) is 3.98. The summed E-state index contributed by atoms with van der Waals surface area (Å²) in [6, 6.07) is 3.45. The lowest BCUT2D eigenvalue weighted by Gasteiger charge is -2.15. The molecular formula is C11H13BO5. The number of fused-ring (bicyclic) bond motifs is 1. The summed E-state index contributed by atoms with van der Waals surface area (Å²) < 4.78 is 10.4. The Morgan fingerprint density at radius 1 is 1.47 bits per heavy atom. The molecule has 90 valence electrons. The fourth-order valence-electron chi connectivity index (χ4n) is 1.98. The highest BCUT2D eigenvalue weighted by atomic mass is 16.7. The van der Waals surface area contributed by atoms with Crippen molar-refractivity contribution < 1.29 is 24.3 Å². The van der Waals surface area contributed by atoms with Gasteiger partial charge in [0, 0.05) is 11.9 Å². The Kier molecular flexibility index (Phi) is 3.35. The van der Waals surface area contributed by atoms with Crippen LogP contribution in [-0.4, -0.2) is 30.2 Å². The maximum atomic E-state index is 10.5. The van der Waals surface area contributed by atoms with Crippen LogP contribution in [0.25, 0.3) is 0 Å². The smallest absolute Gasteiger partial charge is 0.454 e. The van der Waals surface area contributed by atoms with Crippen molar-refractivity contribution in [1.82, 2.24) is 0 Å². The molecule has 1 aromatic rings. The minimum atomic E-state index is -1.64. The molecule has 1 unspecified atom stereocenters. The Hall–Kier alpha value is -1.53. The number of hydrogen-bond donors (Lipinski definition) is 2. The average molecular weight is 236 g/mol. The number of ether oxygens (including phenoxy) is 2. The molecule has 1 aliphatic rings. The highest BCUT2D eigenvalue weighted by Crippen LogP contribution is 2.33. The Morgan fingerprint density at radius 3 is 2.88 bits per heavy atom. The van der Waals surface area contributed by atoms with Crippen LogP contribution in [0.15, 0.2) is 12.1 Å². The van der Waals surface area contributed by atoms with E-state index < -0.39 is 7.12 Å².